The summed E-state index contributed by atoms with van der Waals surface area (Å²) in [7, 11) is -2.41. The Morgan fingerprint density at radius 1 is 0.806 bits per heavy atom. The van der Waals surface area contributed by atoms with Gasteiger partial charge in [-0.15, -0.1) is 0 Å². The van der Waals surface area contributed by atoms with Gasteiger partial charge in [-0.3, -0.25) is 25.2 Å². The zero-order chi connectivity index (χ0) is 22.4. The van der Waals surface area contributed by atoms with Gasteiger partial charge in [0.2, 0.25) is 0 Å². The second kappa shape index (κ2) is 9.31. The van der Waals surface area contributed by atoms with Crippen LogP contribution in [0.3, 0.4) is 0 Å². The summed E-state index contributed by atoms with van der Waals surface area (Å²) in [5, 5.41) is 0. The summed E-state index contributed by atoms with van der Waals surface area (Å²) in [6.07, 6.45) is 0. The van der Waals surface area contributed by atoms with E-state index in [1.807, 2.05) is 13.0 Å². The molecule has 31 heavy (non-hydrogen) atoms. The van der Waals surface area contributed by atoms with Gasteiger partial charge in [0.1, 0.15) is 5.75 Å². The first-order valence-corrected chi connectivity index (χ1v) is 10.7. The van der Waals surface area contributed by atoms with Gasteiger partial charge < -0.3 is 4.74 Å². The fraction of sp³-hybridized carbons (Fsp3) is 0.0909. The molecule has 0 unspecified atom stereocenters. The molecule has 2 amide bonds. The number of amides is 2. The summed E-state index contributed by atoms with van der Waals surface area (Å²) in [6.45, 7) is 1.85. The van der Waals surface area contributed by atoms with Crippen molar-refractivity contribution in [2.75, 3.05) is 11.8 Å². The molecule has 3 aromatic carbocycles. The van der Waals surface area contributed by atoms with E-state index in [1.54, 1.807) is 42.5 Å². The van der Waals surface area contributed by atoms with E-state index < -0.39 is 21.8 Å². The van der Waals surface area contributed by atoms with Crippen LogP contribution >= 0.6 is 0 Å². The molecule has 0 spiro atoms. The van der Waals surface area contributed by atoms with E-state index in [2.05, 4.69) is 15.6 Å². The maximum absolute atomic E-state index is 12.7. The second-order valence-electron chi connectivity index (χ2n) is 6.64. The Bertz CT molecular complexity index is 1210. The zero-order valence-corrected chi connectivity index (χ0v) is 17.7. The number of nitrogens with one attached hydrogen (secondary N) is 3. The number of methoxy groups -OCH3 is 1. The number of ether oxygens (including phenoxy) is 1. The predicted octanol–water partition coefficient (Wildman–Crippen LogP) is 2.88. The maximum atomic E-state index is 12.7. The first kappa shape index (κ1) is 21.8. The van der Waals surface area contributed by atoms with Crippen molar-refractivity contribution >= 4 is 27.5 Å². The number of rotatable bonds is 6. The molecule has 0 heterocycles. The Labute approximate surface area is 180 Å². The van der Waals surface area contributed by atoms with Crippen molar-refractivity contribution in [2.45, 2.75) is 11.8 Å². The molecular weight excluding hydrogens is 418 g/mol. The number of carbonyl (C=O) groups excluding carboxylic acids is 2. The summed E-state index contributed by atoms with van der Waals surface area (Å²) in [4.78, 5) is 24.5. The van der Waals surface area contributed by atoms with Crippen LogP contribution < -0.4 is 20.3 Å². The molecule has 0 aromatic heterocycles. The van der Waals surface area contributed by atoms with Crippen molar-refractivity contribution in [1.82, 2.24) is 10.9 Å². The SMILES string of the molecule is COc1ccc(NS(=O)(=O)c2cccc(C(=O)NNC(=O)c3cccc(C)c3)c2)cc1. The molecule has 8 nitrogen and oxygen atoms in total. The molecule has 0 atom stereocenters. The minimum Gasteiger partial charge on any atom is -0.497 e. The Balaban J connectivity index is 1.69. The molecule has 0 bridgehead atoms. The van der Waals surface area contributed by atoms with Crippen LogP contribution in [0.5, 0.6) is 5.75 Å². The largest absolute Gasteiger partial charge is 0.497 e. The second-order valence-corrected chi connectivity index (χ2v) is 8.32. The standard InChI is InChI=1S/C22H21N3O5S/c1-15-5-3-6-16(13-15)21(26)23-24-22(27)17-7-4-8-20(14-17)31(28,29)25-18-9-11-19(30-2)12-10-18/h3-14,25H,1-2H3,(H,23,26)(H,24,27). The van der Waals surface area contributed by atoms with E-state index in [1.165, 1.54) is 31.4 Å². The zero-order valence-electron chi connectivity index (χ0n) is 16.9. The lowest BCUT2D eigenvalue weighted by Crippen LogP contribution is -2.41. The molecule has 3 N–H and O–H groups in total. The minimum absolute atomic E-state index is 0.0714. The number of anilines is 1. The third-order valence-electron chi connectivity index (χ3n) is 4.32. The van der Waals surface area contributed by atoms with E-state index in [4.69, 9.17) is 4.74 Å². The Kier molecular flexibility index (Phi) is 6.56. The van der Waals surface area contributed by atoms with Crippen molar-refractivity contribution in [3.05, 3.63) is 89.5 Å². The summed E-state index contributed by atoms with van der Waals surface area (Å²) in [6, 6.07) is 18.7. The van der Waals surface area contributed by atoms with Gasteiger partial charge in [0.15, 0.2) is 0 Å². The number of carbonyl (C=O) groups is 2. The van der Waals surface area contributed by atoms with Gasteiger partial charge in [-0.25, -0.2) is 8.42 Å². The van der Waals surface area contributed by atoms with Gasteiger partial charge in [0.25, 0.3) is 21.8 Å². The van der Waals surface area contributed by atoms with Crippen LogP contribution in [0.2, 0.25) is 0 Å². The van der Waals surface area contributed by atoms with Crippen LogP contribution in [0.25, 0.3) is 0 Å². The molecule has 3 aromatic rings. The van der Waals surface area contributed by atoms with Gasteiger partial charge in [0.05, 0.1) is 12.0 Å². The fourth-order valence-corrected chi connectivity index (χ4v) is 3.83. The van der Waals surface area contributed by atoms with Crippen molar-refractivity contribution in [3.8, 4) is 5.75 Å². The minimum atomic E-state index is -3.93. The lowest BCUT2D eigenvalue weighted by atomic mass is 10.1. The van der Waals surface area contributed by atoms with Crippen LogP contribution in [0.4, 0.5) is 5.69 Å². The van der Waals surface area contributed by atoms with Gasteiger partial charge in [-0.05, 0) is 61.5 Å². The summed E-state index contributed by atoms with van der Waals surface area (Å²) in [5.41, 5.74) is 6.32. The molecule has 0 radical (unpaired) electrons. The number of hydrogen-bond acceptors (Lipinski definition) is 5. The van der Waals surface area contributed by atoms with Crippen LogP contribution in [-0.2, 0) is 10.0 Å². The Morgan fingerprint density at radius 3 is 1.97 bits per heavy atom. The van der Waals surface area contributed by atoms with Crippen LogP contribution in [0, 0.1) is 6.92 Å². The smallest absolute Gasteiger partial charge is 0.269 e. The fourth-order valence-electron chi connectivity index (χ4n) is 2.72. The first-order valence-electron chi connectivity index (χ1n) is 9.23. The summed E-state index contributed by atoms with van der Waals surface area (Å²) < 4.78 is 32.8. The molecule has 0 saturated carbocycles. The molecule has 0 aliphatic heterocycles. The molecule has 0 aliphatic carbocycles. The summed E-state index contributed by atoms with van der Waals surface area (Å²) in [5.74, 6) is -0.543. The number of benzene rings is 3. The number of hydrogen-bond donors (Lipinski definition) is 3. The molecule has 0 aliphatic rings. The van der Waals surface area contributed by atoms with Gasteiger partial charge in [-0.2, -0.15) is 0 Å². The first-order chi connectivity index (χ1) is 14.8. The predicted molar refractivity (Wildman–Crippen MR) is 116 cm³/mol. The molecule has 0 fully saturated rings. The highest BCUT2D eigenvalue weighted by Crippen LogP contribution is 2.20. The normalized spacial score (nSPS) is 10.8. The molecule has 9 heteroatoms. The average molecular weight is 439 g/mol. The topological polar surface area (TPSA) is 114 Å². The highest BCUT2D eigenvalue weighted by atomic mass is 32.2. The van der Waals surface area contributed by atoms with E-state index in [0.29, 0.717) is 17.0 Å². The molecule has 160 valence electrons. The highest BCUT2D eigenvalue weighted by Gasteiger charge is 2.17. The third kappa shape index (κ3) is 5.61. The lowest BCUT2D eigenvalue weighted by molar-refractivity contribution is 0.0846. The van der Waals surface area contributed by atoms with Crippen molar-refractivity contribution in [2.24, 2.45) is 0 Å². The van der Waals surface area contributed by atoms with Gasteiger partial charge in [-0.1, -0.05) is 23.8 Å². The molecule has 0 saturated heterocycles. The van der Waals surface area contributed by atoms with Crippen LogP contribution in [0.15, 0.2) is 77.7 Å². The third-order valence-corrected chi connectivity index (χ3v) is 5.70. The lowest BCUT2D eigenvalue weighted by Gasteiger charge is -2.11. The maximum Gasteiger partial charge on any atom is 0.269 e. The van der Waals surface area contributed by atoms with Crippen molar-refractivity contribution < 1.29 is 22.7 Å². The van der Waals surface area contributed by atoms with E-state index in [9.17, 15) is 18.0 Å². The van der Waals surface area contributed by atoms with E-state index in [-0.39, 0.29) is 10.5 Å². The van der Waals surface area contributed by atoms with E-state index >= 15 is 0 Å². The number of aryl methyl sites for hydroxylation is 1. The quantitative estimate of drug-likeness (QED) is 0.511. The highest BCUT2D eigenvalue weighted by molar-refractivity contribution is 7.92. The van der Waals surface area contributed by atoms with Gasteiger partial charge >= 0.3 is 0 Å². The Hall–Kier alpha value is -3.85. The monoisotopic (exact) mass is 439 g/mol. The van der Waals surface area contributed by atoms with Crippen LogP contribution in [-0.4, -0.2) is 27.3 Å². The van der Waals surface area contributed by atoms with Gasteiger partial charge in [0, 0.05) is 16.8 Å². The summed E-state index contributed by atoms with van der Waals surface area (Å²) >= 11 is 0. The Morgan fingerprint density at radius 2 is 1.39 bits per heavy atom. The molecular formula is C22H21N3O5S. The number of sulfonamides is 1. The molecule has 3 rings (SSSR count). The average Bonchev–Trinajstić information content (AvgIpc) is 2.77. The van der Waals surface area contributed by atoms with Crippen molar-refractivity contribution in [1.29, 1.82) is 0 Å². The van der Waals surface area contributed by atoms with E-state index in [0.717, 1.165) is 5.56 Å². The van der Waals surface area contributed by atoms with Crippen molar-refractivity contribution in [3.63, 3.8) is 0 Å². The van der Waals surface area contributed by atoms with Crippen LogP contribution in [0.1, 0.15) is 26.3 Å². The number of hydrazine groups is 1.